The minimum atomic E-state index is -4.53. The molecule has 0 bridgehead atoms. The van der Waals surface area contributed by atoms with Crippen LogP contribution in [0.1, 0.15) is 10.4 Å². The monoisotopic (exact) mass is 324 g/mol. The Morgan fingerprint density at radius 2 is 1.76 bits per heavy atom. The molecule has 0 heterocycles. The van der Waals surface area contributed by atoms with Crippen LogP contribution in [0.2, 0.25) is 0 Å². The fourth-order valence-electron chi connectivity index (χ4n) is 1.27. The minimum absolute atomic E-state index is 0. The van der Waals surface area contributed by atoms with Crippen molar-refractivity contribution < 1.29 is 32.0 Å². The van der Waals surface area contributed by atoms with Gasteiger partial charge in [0.2, 0.25) is 0 Å². The Bertz CT molecular complexity index is 624. The van der Waals surface area contributed by atoms with Gasteiger partial charge in [0.25, 0.3) is 10.1 Å². The van der Waals surface area contributed by atoms with Gasteiger partial charge in [0.15, 0.2) is 0 Å². The Hall–Kier alpha value is -1.19. The number of hydrogen-bond donors (Lipinski definition) is 1. The molecule has 0 aliphatic rings. The third-order valence-electron chi connectivity index (χ3n) is 2.11. The molecule has 1 rings (SSSR count). The van der Waals surface area contributed by atoms with Gasteiger partial charge in [0.1, 0.15) is 18.1 Å². The Labute approximate surface area is 144 Å². The van der Waals surface area contributed by atoms with Crippen LogP contribution < -0.4 is 0 Å². The summed E-state index contributed by atoms with van der Waals surface area (Å²) in [5.41, 5.74) is -0.301. The molecule has 7 nitrogen and oxygen atoms in total. The zero-order valence-electron chi connectivity index (χ0n) is 10.3. The van der Waals surface area contributed by atoms with E-state index in [1.54, 1.807) is 0 Å². The number of carbonyl (C=O) groups excluding carboxylic acids is 2. The molecule has 0 amide bonds. The zero-order valence-corrected chi connectivity index (χ0v) is 11.1. The van der Waals surface area contributed by atoms with E-state index in [1.807, 2.05) is 0 Å². The average molecular weight is 324 g/mol. The van der Waals surface area contributed by atoms with E-state index in [0.717, 1.165) is 12.1 Å². The van der Waals surface area contributed by atoms with Gasteiger partial charge in [-0.2, -0.15) is 8.42 Å². The van der Waals surface area contributed by atoms with Crippen molar-refractivity contribution in [2.45, 2.75) is 4.90 Å². The van der Waals surface area contributed by atoms with E-state index < -0.39 is 27.0 Å². The van der Waals surface area contributed by atoms with Crippen molar-refractivity contribution in [2.75, 3.05) is 13.2 Å². The quantitative estimate of drug-likeness (QED) is 0.261. The average Bonchev–Trinajstić information content (AvgIpc) is 2.42. The van der Waals surface area contributed by atoms with E-state index in [-0.39, 0.29) is 48.3 Å². The molecular formula is C12H13NaO7S. The van der Waals surface area contributed by atoms with Crippen LogP contribution >= 0.6 is 0 Å². The van der Waals surface area contributed by atoms with Crippen LogP contribution in [0.15, 0.2) is 41.8 Å². The van der Waals surface area contributed by atoms with Crippen molar-refractivity contribution in [1.29, 1.82) is 0 Å². The van der Waals surface area contributed by atoms with Crippen molar-refractivity contribution in [3.8, 4) is 0 Å². The van der Waals surface area contributed by atoms with Crippen molar-refractivity contribution >= 4 is 51.6 Å². The number of rotatable bonds is 6. The van der Waals surface area contributed by atoms with Gasteiger partial charge in [-0.3, -0.25) is 4.55 Å². The molecular weight excluding hydrogens is 311 g/mol. The predicted octanol–water partition coefficient (Wildman–Crippen LogP) is 0.171. The van der Waals surface area contributed by atoms with Crippen LogP contribution in [0.3, 0.4) is 0 Å². The summed E-state index contributed by atoms with van der Waals surface area (Å²) in [5.74, 6) is -1.62. The summed E-state index contributed by atoms with van der Waals surface area (Å²) < 4.78 is 40.5. The number of carbonyl (C=O) groups is 2. The Balaban J connectivity index is 0.00000400. The second-order valence-corrected chi connectivity index (χ2v) is 4.87. The van der Waals surface area contributed by atoms with Crippen molar-refractivity contribution in [3.63, 3.8) is 0 Å². The van der Waals surface area contributed by atoms with Crippen LogP contribution in [0.5, 0.6) is 0 Å². The maximum absolute atomic E-state index is 11.7. The summed E-state index contributed by atoms with van der Waals surface area (Å²) >= 11 is 0. The molecule has 0 aliphatic carbocycles. The van der Waals surface area contributed by atoms with Crippen LogP contribution in [-0.4, -0.2) is 67.7 Å². The number of hydrogen-bond acceptors (Lipinski definition) is 6. The van der Waals surface area contributed by atoms with E-state index in [1.165, 1.54) is 18.2 Å². The fourth-order valence-corrected chi connectivity index (χ4v) is 1.95. The SMILES string of the molecule is C=CC(=O)OCCOC(=O)c1ccccc1S(=O)(=O)O.[NaH]. The first-order valence-corrected chi connectivity index (χ1v) is 6.83. The van der Waals surface area contributed by atoms with Gasteiger partial charge in [-0.25, -0.2) is 9.59 Å². The maximum atomic E-state index is 11.7. The van der Waals surface area contributed by atoms with E-state index in [2.05, 4.69) is 11.3 Å². The normalized spacial score (nSPS) is 10.1. The molecule has 0 atom stereocenters. The summed E-state index contributed by atoms with van der Waals surface area (Å²) in [6.07, 6.45) is 0.954. The van der Waals surface area contributed by atoms with Crippen molar-refractivity contribution in [1.82, 2.24) is 0 Å². The zero-order chi connectivity index (χ0) is 15.2. The molecule has 0 saturated heterocycles. The van der Waals surface area contributed by atoms with Gasteiger partial charge in [0, 0.05) is 6.08 Å². The molecule has 1 aromatic carbocycles. The molecule has 110 valence electrons. The summed E-state index contributed by atoms with van der Waals surface area (Å²) in [5, 5.41) is 0. The molecule has 0 saturated carbocycles. The molecule has 1 N–H and O–H groups in total. The third kappa shape index (κ3) is 6.40. The summed E-state index contributed by atoms with van der Waals surface area (Å²) in [4.78, 5) is 21.8. The fraction of sp³-hybridized carbons (Fsp3) is 0.167. The first-order valence-electron chi connectivity index (χ1n) is 5.39. The first kappa shape index (κ1) is 19.8. The molecule has 9 heteroatoms. The predicted molar refractivity (Wildman–Crippen MR) is 74.8 cm³/mol. The van der Waals surface area contributed by atoms with Gasteiger partial charge in [-0.1, -0.05) is 18.7 Å². The second-order valence-electron chi connectivity index (χ2n) is 3.48. The van der Waals surface area contributed by atoms with Gasteiger partial charge in [-0.05, 0) is 12.1 Å². The van der Waals surface area contributed by atoms with E-state index in [4.69, 9.17) is 9.29 Å². The van der Waals surface area contributed by atoms with Crippen LogP contribution in [0.25, 0.3) is 0 Å². The Morgan fingerprint density at radius 1 is 1.19 bits per heavy atom. The molecule has 0 radical (unpaired) electrons. The number of esters is 2. The molecule has 1 aromatic rings. The van der Waals surface area contributed by atoms with Gasteiger partial charge >= 0.3 is 41.5 Å². The van der Waals surface area contributed by atoms with Crippen molar-refractivity contribution in [3.05, 3.63) is 42.5 Å². The third-order valence-corrected chi connectivity index (χ3v) is 3.02. The van der Waals surface area contributed by atoms with Gasteiger partial charge in [0.05, 0.1) is 5.56 Å². The van der Waals surface area contributed by atoms with E-state index >= 15 is 0 Å². The van der Waals surface area contributed by atoms with E-state index in [9.17, 15) is 18.0 Å². The first-order chi connectivity index (χ1) is 9.36. The molecule has 0 unspecified atom stereocenters. The summed E-state index contributed by atoms with van der Waals surface area (Å²) in [6, 6.07) is 5.04. The standard InChI is InChI=1S/C12H12O7S.Na.H/c1-2-11(13)18-7-8-19-12(14)9-5-3-4-6-10(9)20(15,16)17;;/h2-6H,1,7-8H2,(H,15,16,17);;. The van der Waals surface area contributed by atoms with Crippen LogP contribution in [0.4, 0.5) is 0 Å². The van der Waals surface area contributed by atoms with Crippen LogP contribution in [0, 0.1) is 0 Å². The van der Waals surface area contributed by atoms with Crippen molar-refractivity contribution in [2.24, 2.45) is 0 Å². The van der Waals surface area contributed by atoms with Crippen LogP contribution in [-0.2, 0) is 24.4 Å². The number of benzene rings is 1. The molecule has 0 spiro atoms. The molecule has 21 heavy (non-hydrogen) atoms. The Morgan fingerprint density at radius 3 is 2.33 bits per heavy atom. The van der Waals surface area contributed by atoms with Gasteiger partial charge in [-0.15, -0.1) is 0 Å². The topological polar surface area (TPSA) is 107 Å². The molecule has 0 aliphatic heterocycles. The number of ether oxygens (including phenoxy) is 2. The molecule has 0 fully saturated rings. The van der Waals surface area contributed by atoms with E-state index in [0.29, 0.717) is 0 Å². The summed E-state index contributed by atoms with van der Waals surface area (Å²) in [6.45, 7) is 2.74. The Kier molecular flexibility index (Phi) is 8.45. The molecule has 0 aromatic heterocycles. The summed E-state index contributed by atoms with van der Waals surface area (Å²) in [7, 11) is -4.53. The van der Waals surface area contributed by atoms with Gasteiger partial charge < -0.3 is 9.47 Å². The second kappa shape index (κ2) is 8.96.